The molecule has 2 atom stereocenters. The number of carbonyl (C=O) groups excluding carboxylic acids is 2. The third kappa shape index (κ3) is 2.88. The van der Waals surface area contributed by atoms with E-state index in [1.165, 1.54) is 0 Å². The first kappa shape index (κ1) is 15.8. The Morgan fingerprint density at radius 3 is 2.60 bits per heavy atom. The zero-order chi connectivity index (χ0) is 17.6. The van der Waals surface area contributed by atoms with E-state index in [4.69, 9.17) is 0 Å². The van der Waals surface area contributed by atoms with Gasteiger partial charge in [-0.2, -0.15) is 4.99 Å². The first-order chi connectivity index (χ1) is 12.0. The van der Waals surface area contributed by atoms with Crippen molar-refractivity contribution in [3.8, 4) is 0 Å². The first-order valence-corrected chi connectivity index (χ1v) is 8.64. The average molecular weight is 332 g/mol. The summed E-state index contributed by atoms with van der Waals surface area (Å²) in [6.45, 7) is 4.30. The lowest BCUT2D eigenvalue weighted by atomic mass is 10.1. The predicted octanol–water partition coefficient (Wildman–Crippen LogP) is 3.84. The van der Waals surface area contributed by atoms with Gasteiger partial charge in [-0.25, -0.2) is 0 Å². The molecule has 1 aliphatic carbocycles. The number of fused-ring (bicyclic) bond motifs is 1. The van der Waals surface area contributed by atoms with Crippen LogP contribution in [0.15, 0.2) is 53.5 Å². The molecule has 126 valence electrons. The highest BCUT2D eigenvalue weighted by molar-refractivity contribution is 6.17. The van der Waals surface area contributed by atoms with Crippen LogP contribution in [0.5, 0.6) is 0 Å². The van der Waals surface area contributed by atoms with Crippen LogP contribution >= 0.6 is 0 Å². The molecule has 0 saturated heterocycles. The minimum Gasteiger partial charge on any atom is -0.321 e. The Bertz CT molecular complexity index is 900. The van der Waals surface area contributed by atoms with Crippen LogP contribution in [0.2, 0.25) is 0 Å². The molecule has 0 unspecified atom stereocenters. The summed E-state index contributed by atoms with van der Waals surface area (Å²) in [6.07, 6.45) is 0.928. The largest absolute Gasteiger partial charge is 0.321 e. The Balaban J connectivity index is 1.76. The molecule has 0 N–H and O–H groups in total. The van der Waals surface area contributed by atoms with Crippen LogP contribution in [0.3, 0.4) is 0 Å². The van der Waals surface area contributed by atoms with Gasteiger partial charge in [-0.1, -0.05) is 43.3 Å². The normalized spacial score (nSPS) is 22.8. The summed E-state index contributed by atoms with van der Waals surface area (Å²) >= 11 is 0. The first-order valence-electron chi connectivity index (χ1n) is 8.64. The topological polar surface area (TPSA) is 49.7 Å². The summed E-state index contributed by atoms with van der Waals surface area (Å²) in [5, 5.41) is 0. The molecule has 0 radical (unpaired) electrons. The van der Waals surface area contributed by atoms with Gasteiger partial charge in [0.25, 0.3) is 5.91 Å². The number of amidine groups is 1. The number of benzene rings is 2. The van der Waals surface area contributed by atoms with Crippen LogP contribution in [0.25, 0.3) is 0 Å². The second-order valence-electron chi connectivity index (χ2n) is 6.94. The van der Waals surface area contributed by atoms with E-state index in [1.54, 1.807) is 6.92 Å². The van der Waals surface area contributed by atoms with Crippen molar-refractivity contribution < 1.29 is 9.59 Å². The molecular weight excluding hydrogens is 312 g/mol. The monoisotopic (exact) mass is 332 g/mol. The number of amides is 1. The van der Waals surface area contributed by atoms with Crippen molar-refractivity contribution in [1.29, 1.82) is 0 Å². The van der Waals surface area contributed by atoms with E-state index in [-0.39, 0.29) is 17.6 Å². The van der Waals surface area contributed by atoms with Gasteiger partial charge in [0.2, 0.25) is 0 Å². The maximum Gasteiger partial charge on any atom is 0.251 e. The van der Waals surface area contributed by atoms with E-state index in [1.807, 2.05) is 47.4 Å². The van der Waals surface area contributed by atoms with Gasteiger partial charge in [-0.3, -0.25) is 9.59 Å². The molecule has 1 saturated carbocycles. The minimum atomic E-state index is -0.0353. The maximum absolute atomic E-state index is 12.5. The molecule has 4 nitrogen and oxygen atoms in total. The average Bonchev–Trinajstić information content (AvgIpc) is 3.24. The Hall–Kier alpha value is -2.75. The van der Waals surface area contributed by atoms with Gasteiger partial charge in [0.15, 0.2) is 5.78 Å². The molecular formula is C21H20N2O2. The van der Waals surface area contributed by atoms with Crippen LogP contribution in [-0.2, 0) is 11.3 Å². The molecule has 1 aliphatic heterocycles. The molecule has 1 fully saturated rings. The van der Waals surface area contributed by atoms with Gasteiger partial charge in [0.1, 0.15) is 5.84 Å². The fraction of sp³-hybridized carbons (Fsp3) is 0.286. The quantitative estimate of drug-likeness (QED) is 0.803. The summed E-state index contributed by atoms with van der Waals surface area (Å²) in [5.74, 6) is 1.18. The smallest absolute Gasteiger partial charge is 0.251 e. The van der Waals surface area contributed by atoms with Gasteiger partial charge >= 0.3 is 0 Å². The molecule has 0 aromatic heterocycles. The summed E-state index contributed by atoms with van der Waals surface area (Å²) in [7, 11) is 0. The zero-order valence-electron chi connectivity index (χ0n) is 14.4. The fourth-order valence-electron chi connectivity index (χ4n) is 3.35. The van der Waals surface area contributed by atoms with Gasteiger partial charge in [0.05, 0.1) is 6.54 Å². The number of aliphatic imine (C=N–C) groups is 1. The van der Waals surface area contributed by atoms with Crippen LogP contribution in [0.1, 0.15) is 41.8 Å². The van der Waals surface area contributed by atoms with Crippen LogP contribution in [0.4, 0.5) is 5.69 Å². The highest BCUT2D eigenvalue weighted by atomic mass is 16.1. The number of ketones is 1. The van der Waals surface area contributed by atoms with Crippen molar-refractivity contribution in [3.05, 3.63) is 65.2 Å². The number of anilines is 1. The van der Waals surface area contributed by atoms with Crippen LogP contribution in [-0.4, -0.2) is 17.5 Å². The molecule has 0 bridgehead atoms. The fourth-order valence-corrected chi connectivity index (χ4v) is 3.35. The molecule has 1 amide bonds. The third-order valence-corrected chi connectivity index (χ3v) is 5.05. The van der Waals surface area contributed by atoms with Crippen molar-refractivity contribution >= 4 is 23.2 Å². The highest BCUT2D eigenvalue weighted by Gasteiger charge is 2.40. The Morgan fingerprint density at radius 2 is 1.88 bits per heavy atom. The lowest BCUT2D eigenvalue weighted by Crippen LogP contribution is -2.25. The van der Waals surface area contributed by atoms with E-state index in [0.29, 0.717) is 23.9 Å². The molecule has 2 aromatic rings. The van der Waals surface area contributed by atoms with Crippen molar-refractivity contribution in [2.24, 2.45) is 16.8 Å². The number of carbonyl (C=O) groups is 2. The van der Waals surface area contributed by atoms with E-state index in [2.05, 4.69) is 18.0 Å². The van der Waals surface area contributed by atoms with Gasteiger partial charge in [-0.05, 0) is 37.0 Å². The number of hydrogen-bond acceptors (Lipinski definition) is 2. The van der Waals surface area contributed by atoms with E-state index in [0.717, 1.165) is 23.2 Å². The molecule has 25 heavy (non-hydrogen) atoms. The molecule has 4 heteroatoms. The summed E-state index contributed by atoms with van der Waals surface area (Å²) in [5.41, 5.74) is 3.69. The van der Waals surface area contributed by atoms with E-state index < -0.39 is 0 Å². The number of nitrogens with zero attached hydrogens (tertiary/aromatic N) is 2. The van der Waals surface area contributed by atoms with Crippen molar-refractivity contribution in [1.82, 2.24) is 0 Å². The second kappa shape index (κ2) is 5.96. The van der Waals surface area contributed by atoms with E-state index in [9.17, 15) is 9.59 Å². The maximum atomic E-state index is 12.5. The Kier molecular flexibility index (Phi) is 3.75. The van der Waals surface area contributed by atoms with E-state index >= 15 is 0 Å². The zero-order valence-corrected chi connectivity index (χ0v) is 14.4. The minimum absolute atomic E-state index is 0.0277. The summed E-state index contributed by atoms with van der Waals surface area (Å²) in [4.78, 5) is 30.7. The van der Waals surface area contributed by atoms with Crippen molar-refractivity contribution in [2.45, 2.75) is 26.8 Å². The predicted molar refractivity (Wildman–Crippen MR) is 97.9 cm³/mol. The van der Waals surface area contributed by atoms with Crippen molar-refractivity contribution in [3.63, 3.8) is 0 Å². The second-order valence-corrected chi connectivity index (χ2v) is 6.94. The third-order valence-electron chi connectivity index (χ3n) is 5.05. The molecule has 1 heterocycles. The lowest BCUT2D eigenvalue weighted by Gasteiger charge is -2.19. The molecule has 2 aromatic carbocycles. The van der Waals surface area contributed by atoms with Gasteiger partial charge < -0.3 is 4.90 Å². The SMILES string of the molecule is CC(=O)c1cccc(N2Cc3ccccc3C2=NC(=O)[C@@H]2C[C@@H]2C)c1. The highest BCUT2D eigenvalue weighted by Crippen LogP contribution is 2.39. The molecule has 0 spiro atoms. The number of rotatable bonds is 3. The lowest BCUT2D eigenvalue weighted by molar-refractivity contribution is -0.119. The number of Topliss-reactive ketones (excluding diaryl/α,β-unsaturated/α-hetero) is 1. The molecule has 4 rings (SSSR count). The summed E-state index contributed by atoms with van der Waals surface area (Å²) in [6, 6.07) is 15.5. The van der Waals surface area contributed by atoms with Gasteiger partial charge in [0, 0.05) is 22.7 Å². The van der Waals surface area contributed by atoms with Crippen LogP contribution in [0, 0.1) is 11.8 Å². The van der Waals surface area contributed by atoms with Crippen molar-refractivity contribution in [2.75, 3.05) is 4.90 Å². The Labute approximate surface area is 147 Å². The standard InChI is InChI=1S/C21H20N2O2/c1-13-10-19(13)21(25)22-20-18-9-4-3-6-16(18)12-23(20)17-8-5-7-15(11-17)14(2)24/h3-9,11,13,19H,10,12H2,1-2H3/t13-,19+/m0/s1. The molecule has 2 aliphatic rings. The van der Waals surface area contributed by atoms with Crippen LogP contribution < -0.4 is 4.90 Å². The Morgan fingerprint density at radius 1 is 1.12 bits per heavy atom. The number of hydrogen-bond donors (Lipinski definition) is 0. The summed E-state index contributed by atoms with van der Waals surface area (Å²) < 4.78 is 0. The van der Waals surface area contributed by atoms with Gasteiger partial charge in [-0.15, -0.1) is 0 Å².